The van der Waals surface area contributed by atoms with Crippen molar-refractivity contribution in [2.24, 2.45) is 0 Å². The first-order valence-electron chi connectivity index (χ1n) is 10.7. The summed E-state index contributed by atoms with van der Waals surface area (Å²) in [6, 6.07) is 18.6. The second kappa shape index (κ2) is 10.5. The Balaban J connectivity index is 1.41. The Kier molecular flexibility index (Phi) is 7.27. The number of amides is 3. The molecule has 0 aliphatic carbocycles. The molecule has 1 atom stereocenters. The molecule has 0 bridgehead atoms. The minimum atomic E-state index is -0.888. The predicted molar refractivity (Wildman–Crippen MR) is 128 cm³/mol. The van der Waals surface area contributed by atoms with Gasteiger partial charge in [-0.25, -0.2) is 4.39 Å². The zero-order chi connectivity index (χ0) is 24.1. The predicted octanol–water partition coefficient (Wildman–Crippen LogP) is 4.65. The van der Waals surface area contributed by atoms with Crippen molar-refractivity contribution in [1.29, 1.82) is 0 Å². The summed E-state index contributed by atoms with van der Waals surface area (Å²) in [5.41, 5.74) is 1.48. The molecule has 0 radical (unpaired) electrons. The molecule has 1 aliphatic rings. The van der Waals surface area contributed by atoms with Crippen molar-refractivity contribution in [3.63, 3.8) is 0 Å². The maximum atomic E-state index is 13.1. The largest absolute Gasteiger partial charge is 0.457 e. The van der Waals surface area contributed by atoms with Crippen LogP contribution in [0.2, 0.25) is 0 Å². The molecule has 0 fully saturated rings. The van der Waals surface area contributed by atoms with E-state index < -0.39 is 17.9 Å². The van der Waals surface area contributed by atoms with Gasteiger partial charge in [-0.15, -0.1) is 0 Å². The van der Waals surface area contributed by atoms with Crippen molar-refractivity contribution >= 4 is 29.5 Å². The first-order valence-corrected chi connectivity index (χ1v) is 12.1. The third kappa shape index (κ3) is 5.12. The standard InChI is InChI=1S/C26H23FN2O4S/c1-34-15-14-23(29-25(31)21-4-2-3-5-22(21)26(29)32)24(30)28-16-17-6-10-19(11-7-17)33-20-12-8-18(27)9-13-20/h2-13,23H,14-16H2,1H3,(H,28,30). The average Bonchev–Trinajstić information content (AvgIpc) is 3.11. The Morgan fingerprint density at radius 3 is 2.06 bits per heavy atom. The summed E-state index contributed by atoms with van der Waals surface area (Å²) in [6.45, 7) is 0.231. The lowest BCUT2D eigenvalue weighted by atomic mass is 10.1. The number of thioether (sulfide) groups is 1. The van der Waals surface area contributed by atoms with Gasteiger partial charge in [0.15, 0.2) is 0 Å². The van der Waals surface area contributed by atoms with E-state index >= 15 is 0 Å². The van der Waals surface area contributed by atoms with Gasteiger partial charge < -0.3 is 10.1 Å². The summed E-state index contributed by atoms with van der Waals surface area (Å²) in [6.07, 6.45) is 2.27. The van der Waals surface area contributed by atoms with Gasteiger partial charge >= 0.3 is 0 Å². The topological polar surface area (TPSA) is 75.7 Å². The van der Waals surface area contributed by atoms with Gasteiger partial charge in [0.1, 0.15) is 23.4 Å². The molecule has 3 amide bonds. The molecule has 1 N–H and O–H groups in total. The number of hydrogen-bond donors (Lipinski definition) is 1. The first-order chi connectivity index (χ1) is 16.5. The second-order valence-electron chi connectivity index (χ2n) is 7.74. The van der Waals surface area contributed by atoms with Crippen molar-refractivity contribution in [1.82, 2.24) is 10.2 Å². The van der Waals surface area contributed by atoms with Crippen LogP contribution in [0.15, 0.2) is 72.8 Å². The van der Waals surface area contributed by atoms with Crippen LogP contribution in [0.5, 0.6) is 11.5 Å². The average molecular weight is 479 g/mol. The molecule has 3 aromatic rings. The molecule has 6 nitrogen and oxygen atoms in total. The van der Waals surface area contributed by atoms with Crippen LogP contribution in [0.4, 0.5) is 4.39 Å². The van der Waals surface area contributed by atoms with Crippen LogP contribution in [0, 0.1) is 5.82 Å². The quantitative estimate of drug-likeness (QED) is 0.453. The Bertz CT molecular complexity index is 1160. The fourth-order valence-corrected chi connectivity index (χ4v) is 4.18. The fraction of sp³-hybridized carbons (Fsp3) is 0.192. The van der Waals surface area contributed by atoms with Crippen LogP contribution in [0.1, 0.15) is 32.7 Å². The van der Waals surface area contributed by atoms with E-state index in [4.69, 9.17) is 4.74 Å². The number of fused-ring (bicyclic) bond motifs is 1. The van der Waals surface area contributed by atoms with Crippen molar-refractivity contribution in [3.05, 3.63) is 95.3 Å². The summed E-state index contributed by atoms with van der Waals surface area (Å²) in [4.78, 5) is 39.9. The maximum absolute atomic E-state index is 13.1. The number of nitrogens with zero attached hydrogens (tertiary/aromatic N) is 1. The van der Waals surface area contributed by atoms with Gasteiger partial charge in [0.05, 0.1) is 11.1 Å². The molecule has 3 aromatic carbocycles. The van der Waals surface area contributed by atoms with Crippen LogP contribution in [0.25, 0.3) is 0 Å². The van der Waals surface area contributed by atoms with Gasteiger partial charge in [0.2, 0.25) is 5.91 Å². The van der Waals surface area contributed by atoms with Crippen molar-refractivity contribution < 1.29 is 23.5 Å². The van der Waals surface area contributed by atoms with E-state index in [0.717, 1.165) is 10.5 Å². The van der Waals surface area contributed by atoms with Gasteiger partial charge in [-0.05, 0) is 72.5 Å². The zero-order valence-electron chi connectivity index (χ0n) is 18.5. The van der Waals surface area contributed by atoms with Crippen molar-refractivity contribution in [2.45, 2.75) is 19.0 Å². The second-order valence-corrected chi connectivity index (χ2v) is 8.73. The van der Waals surface area contributed by atoms with Crippen LogP contribution in [-0.4, -0.2) is 40.7 Å². The fourth-order valence-electron chi connectivity index (χ4n) is 3.72. The van der Waals surface area contributed by atoms with Crippen LogP contribution in [0.3, 0.4) is 0 Å². The number of carbonyl (C=O) groups excluding carboxylic acids is 3. The van der Waals surface area contributed by atoms with Crippen molar-refractivity contribution in [2.75, 3.05) is 12.0 Å². The third-order valence-corrected chi connectivity index (χ3v) is 6.12. The molecule has 1 heterocycles. The number of carbonyl (C=O) groups is 3. The van der Waals surface area contributed by atoms with Gasteiger partial charge in [-0.1, -0.05) is 24.3 Å². The summed E-state index contributed by atoms with van der Waals surface area (Å²) in [5.74, 6) is 0.116. The molecular formula is C26H23FN2O4S. The number of rotatable bonds is 9. The number of imide groups is 1. The van der Waals surface area contributed by atoms with Gasteiger partial charge in [0.25, 0.3) is 11.8 Å². The van der Waals surface area contributed by atoms with Gasteiger partial charge in [-0.2, -0.15) is 11.8 Å². The van der Waals surface area contributed by atoms with E-state index in [-0.39, 0.29) is 18.3 Å². The number of ether oxygens (including phenoxy) is 1. The van der Waals surface area contributed by atoms with E-state index in [2.05, 4.69) is 5.32 Å². The lowest BCUT2D eigenvalue weighted by molar-refractivity contribution is -0.125. The summed E-state index contributed by atoms with van der Waals surface area (Å²) in [5, 5.41) is 2.85. The van der Waals surface area contributed by atoms with E-state index in [0.29, 0.717) is 34.8 Å². The monoisotopic (exact) mass is 478 g/mol. The molecule has 1 aliphatic heterocycles. The highest BCUT2D eigenvalue weighted by molar-refractivity contribution is 7.98. The number of benzene rings is 3. The summed E-state index contributed by atoms with van der Waals surface area (Å²) >= 11 is 1.55. The molecule has 0 saturated heterocycles. The van der Waals surface area contributed by atoms with Gasteiger partial charge in [-0.3, -0.25) is 19.3 Å². The molecule has 0 aromatic heterocycles. The lowest BCUT2D eigenvalue weighted by Crippen LogP contribution is -2.49. The Labute approximate surface area is 201 Å². The number of hydrogen-bond acceptors (Lipinski definition) is 5. The summed E-state index contributed by atoms with van der Waals surface area (Å²) in [7, 11) is 0. The maximum Gasteiger partial charge on any atom is 0.262 e. The molecule has 8 heteroatoms. The van der Waals surface area contributed by atoms with Crippen molar-refractivity contribution in [3.8, 4) is 11.5 Å². The molecule has 4 rings (SSSR count). The van der Waals surface area contributed by atoms with Crippen LogP contribution < -0.4 is 10.1 Å². The number of nitrogens with one attached hydrogen (secondary N) is 1. The van der Waals surface area contributed by atoms with Crippen LogP contribution >= 0.6 is 11.8 Å². The molecule has 1 unspecified atom stereocenters. The zero-order valence-corrected chi connectivity index (χ0v) is 19.3. The normalized spacial score (nSPS) is 13.5. The highest BCUT2D eigenvalue weighted by Gasteiger charge is 2.42. The SMILES string of the molecule is CSCCC(C(=O)NCc1ccc(Oc2ccc(F)cc2)cc1)N1C(=O)c2ccccc2C1=O. The lowest BCUT2D eigenvalue weighted by Gasteiger charge is -2.25. The van der Waals surface area contributed by atoms with E-state index in [1.165, 1.54) is 24.3 Å². The third-order valence-electron chi connectivity index (χ3n) is 5.47. The molecular weight excluding hydrogens is 455 g/mol. The Morgan fingerprint density at radius 1 is 0.941 bits per heavy atom. The molecule has 34 heavy (non-hydrogen) atoms. The summed E-state index contributed by atoms with van der Waals surface area (Å²) < 4.78 is 18.7. The Morgan fingerprint density at radius 2 is 1.50 bits per heavy atom. The van der Waals surface area contributed by atoms with E-state index in [1.54, 1.807) is 60.3 Å². The highest BCUT2D eigenvalue weighted by Crippen LogP contribution is 2.26. The minimum Gasteiger partial charge on any atom is -0.457 e. The first kappa shape index (κ1) is 23.5. The molecule has 0 spiro atoms. The Hall–Kier alpha value is -3.65. The smallest absolute Gasteiger partial charge is 0.262 e. The van der Waals surface area contributed by atoms with Crippen LogP contribution in [-0.2, 0) is 11.3 Å². The minimum absolute atomic E-state index is 0.231. The van der Waals surface area contributed by atoms with E-state index in [9.17, 15) is 18.8 Å². The number of halogens is 1. The molecule has 174 valence electrons. The van der Waals surface area contributed by atoms with Gasteiger partial charge in [0, 0.05) is 6.54 Å². The van der Waals surface area contributed by atoms with E-state index in [1.807, 2.05) is 6.26 Å². The molecule has 0 saturated carbocycles. The highest BCUT2D eigenvalue weighted by atomic mass is 32.2.